The van der Waals surface area contributed by atoms with Crippen LogP contribution < -0.4 is 4.90 Å². The normalized spacial score (nSPS) is 20.3. The van der Waals surface area contributed by atoms with Gasteiger partial charge in [-0.25, -0.2) is 9.97 Å². The highest BCUT2D eigenvalue weighted by molar-refractivity contribution is 5.90. The quantitative estimate of drug-likeness (QED) is 0.519. The minimum Gasteiger partial charge on any atom is -0.375 e. The number of fused-ring (bicyclic) bond motifs is 1. The number of morpholine rings is 1. The zero-order valence-electron chi connectivity index (χ0n) is 19.0. The van der Waals surface area contributed by atoms with Crippen molar-refractivity contribution in [3.05, 3.63) is 53.4 Å². The van der Waals surface area contributed by atoms with Crippen molar-refractivity contribution >= 4 is 22.4 Å². The van der Waals surface area contributed by atoms with E-state index in [-0.39, 0.29) is 12.5 Å². The van der Waals surface area contributed by atoms with E-state index in [1.165, 1.54) is 12.8 Å². The standard InChI is InChI=1S/C18H17F3N4O.C6H8N2/c1-10-8-22-17-14(23-10)7-15(25-3-4-26-11(2)9-25)24-16(17)12-5-13(6-12)18(19,20)21;1-4-7-8(5-1)6-2-3-6/h7-8,11H,3-5,9H2,1-2H3;1,4-6H,2-3H2/t11-;/m0./s1. The molecule has 3 aromatic rings. The van der Waals surface area contributed by atoms with E-state index in [1.807, 2.05) is 43.1 Å². The molecule has 1 atom stereocenters. The third kappa shape index (κ3) is 4.83. The summed E-state index contributed by atoms with van der Waals surface area (Å²) >= 11 is 0. The number of hydrogen-bond acceptors (Lipinski definition) is 6. The molecule has 0 aromatic carbocycles. The number of ether oxygens (including phenoxy) is 1. The molecule has 0 N–H and O–H groups in total. The van der Waals surface area contributed by atoms with E-state index < -0.39 is 11.7 Å². The Balaban J connectivity index is 0.000000252. The SMILES string of the molecule is Cc1cnc2c(C3=C=C(C(F)(F)F)C3)nc(N3CCO[C@@H](C)C3)cc2n1.c1cnn(C2CC2)c1. The van der Waals surface area contributed by atoms with Gasteiger partial charge in [0, 0.05) is 49.7 Å². The molecular formula is C24H25F3N6O. The third-order valence-corrected chi connectivity index (χ3v) is 5.93. The van der Waals surface area contributed by atoms with Crippen LogP contribution in [0.2, 0.25) is 0 Å². The molecule has 1 saturated heterocycles. The van der Waals surface area contributed by atoms with Crippen LogP contribution in [0.3, 0.4) is 0 Å². The smallest absolute Gasteiger partial charge is 0.375 e. The lowest BCUT2D eigenvalue weighted by molar-refractivity contribution is -0.0934. The molecule has 2 fully saturated rings. The summed E-state index contributed by atoms with van der Waals surface area (Å²) < 4.78 is 45.9. The van der Waals surface area contributed by atoms with E-state index >= 15 is 0 Å². The Bertz CT molecular complexity index is 1260. The Hall–Kier alpha value is -3.23. The molecule has 0 spiro atoms. The number of halogens is 3. The van der Waals surface area contributed by atoms with Gasteiger partial charge in [0.15, 0.2) is 0 Å². The highest BCUT2D eigenvalue weighted by Gasteiger charge is 2.38. The van der Waals surface area contributed by atoms with Gasteiger partial charge in [-0.05, 0) is 32.8 Å². The highest BCUT2D eigenvalue weighted by atomic mass is 19.4. The largest absolute Gasteiger partial charge is 0.420 e. The van der Waals surface area contributed by atoms with Gasteiger partial charge in [0.1, 0.15) is 17.0 Å². The van der Waals surface area contributed by atoms with Crippen molar-refractivity contribution < 1.29 is 17.9 Å². The summed E-state index contributed by atoms with van der Waals surface area (Å²) in [6, 6.07) is 4.55. The number of rotatable bonds is 3. The zero-order chi connectivity index (χ0) is 23.9. The molecule has 1 saturated carbocycles. The maximum absolute atomic E-state index is 12.8. The fourth-order valence-electron chi connectivity index (χ4n) is 3.99. The van der Waals surface area contributed by atoms with Crippen LogP contribution in [0, 0.1) is 6.92 Å². The molecule has 4 heterocycles. The Morgan fingerprint density at radius 3 is 2.65 bits per heavy atom. The van der Waals surface area contributed by atoms with Gasteiger partial charge in [0.05, 0.1) is 35.5 Å². The van der Waals surface area contributed by atoms with E-state index in [2.05, 4.69) is 30.7 Å². The van der Waals surface area contributed by atoms with Gasteiger partial charge in [-0.2, -0.15) is 18.3 Å². The summed E-state index contributed by atoms with van der Waals surface area (Å²) in [5, 5.41) is 4.09. The topological polar surface area (TPSA) is 69.0 Å². The van der Waals surface area contributed by atoms with Gasteiger partial charge in [-0.1, -0.05) is 0 Å². The van der Waals surface area contributed by atoms with Crippen LogP contribution in [0.1, 0.15) is 43.6 Å². The number of nitrogens with zero attached hydrogens (tertiary/aromatic N) is 6. The minimum absolute atomic E-state index is 0.0629. The van der Waals surface area contributed by atoms with Gasteiger partial charge in [0.2, 0.25) is 0 Å². The molecule has 3 aliphatic rings. The summed E-state index contributed by atoms with van der Waals surface area (Å²) in [6.07, 6.45) is 3.60. The molecule has 1 aliphatic heterocycles. The number of alkyl halides is 3. The van der Waals surface area contributed by atoms with Crippen LogP contribution in [0.5, 0.6) is 0 Å². The summed E-state index contributed by atoms with van der Waals surface area (Å²) in [6.45, 7) is 5.72. The van der Waals surface area contributed by atoms with Crippen LogP contribution in [0.4, 0.5) is 19.0 Å². The van der Waals surface area contributed by atoms with E-state index in [0.29, 0.717) is 47.8 Å². The van der Waals surface area contributed by atoms with E-state index in [0.717, 1.165) is 11.7 Å². The van der Waals surface area contributed by atoms with Gasteiger partial charge in [-0.15, -0.1) is 5.73 Å². The third-order valence-electron chi connectivity index (χ3n) is 5.93. The van der Waals surface area contributed by atoms with Crippen molar-refractivity contribution in [1.82, 2.24) is 24.7 Å². The first-order valence-corrected chi connectivity index (χ1v) is 11.3. The summed E-state index contributed by atoms with van der Waals surface area (Å²) in [5.41, 5.74) is 4.47. The Kier molecular flexibility index (Phi) is 5.87. The molecule has 2 aliphatic carbocycles. The molecule has 178 valence electrons. The second-order valence-electron chi connectivity index (χ2n) is 8.81. The minimum atomic E-state index is -4.35. The molecule has 3 aromatic heterocycles. The molecule has 7 nitrogen and oxygen atoms in total. The average molecular weight is 470 g/mol. The molecular weight excluding hydrogens is 445 g/mol. The van der Waals surface area contributed by atoms with Crippen molar-refractivity contribution in [2.24, 2.45) is 0 Å². The first-order valence-electron chi connectivity index (χ1n) is 11.3. The lowest BCUT2D eigenvalue weighted by Gasteiger charge is -2.32. The molecule has 10 heteroatoms. The van der Waals surface area contributed by atoms with Crippen molar-refractivity contribution in [3.63, 3.8) is 0 Å². The van der Waals surface area contributed by atoms with E-state index in [1.54, 1.807) is 6.20 Å². The number of aryl methyl sites for hydroxylation is 1. The molecule has 0 unspecified atom stereocenters. The van der Waals surface area contributed by atoms with E-state index in [9.17, 15) is 13.2 Å². The van der Waals surface area contributed by atoms with Crippen LogP contribution >= 0.6 is 0 Å². The van der Waals surface area contributed by atoms with Gasteiger partial charge in [-0.3, -0.25) is 9.67 Å². The van der Waals surface area contributed by atoms with Crippen LogP contribution in [-0.2, 0) is 4.74 Å². The van der Waals surface area contributed by atoms with Crippen LogP contribution in [0.25, 0.3) is 16.6 Å². The maximum Gasteiger partial charge on any atom is 0.420 e. The number of pyridine rings is 1. The summed E-state index contributed by atoms with van der Waals surface area (Å²) in [4.78, 5) is 15.5. The van der Waals surface area contributed by atoms with Crippen molar-refractivity contribution in [2.75, 3.05) is 24.6 Å². The number of allylic oxidation sites excluding steroid dienone is 1. The fourth-order valence-corrected chi connectivity index (χ4v) is 3.99. The predicted molar refractivity (Wildman–Crippen MR) is 121 cm³/mol. The first kappa shape index (κ1) is 22.6. The molecule has 34 heavy (non-hydrogen) atoms. The highest BCUT2D eigenvalue weighted by Crippen LogP contribution is 2.40. The Morgan fingerprint density at radius 2 is 2.00 bits per heavy atom. The molecule has 6 rings (SSSR count). The second kappa shape index (κ2) is 8.85. The van der Waals surface area contributed by atoms with Crippen molar-refractivity contribution in [1.29, 1.82) is 0 Å². The summed E-state index contributed by atoms with van der Waals surface area (Å²) in [5.74, 6) is 0.678. The lowest BCUT2D eigenvalue weighted by atomic mass is 9.93. The number of anilines is 1. The summed E-state index contributed by atoms with van der Waals surface area (Å²) in [7, 11) is 0. The Labute approximate surface area is 195 Å². The maximum atomic E-state index is 12.8. The zero-order valence-corrected chi connectivity index (χ0v) is 19.0. The fraction of sp³-hybridized carbons (Fsp3) is 0.458. The molecule has 0 radical (unpaired) electrons. The first-order chi connectivity index (χ1) is 16.3. The lowest BCUT2D eigenvalue weighted by Crippen LogP contribution is -2.41. The predicted octanol–water partition coefficient (Wildman–Crippen LogP) is 4.65. The Morgan fingerprint density at radius 1 is 1.21 bits per heavy atom. The van der Waals surface area contributed by atoms with Crippen LogP contribution in [-0.4, -0.2) is 56.7 Å². The van der Waals surface area contributed by atoms with Gasteiger partial charge >= 0.3 is 6.18 Å². The molecule has 0 amide bonds. The van der Waals surface area contributed by atoms with Gasteiger partial charge < -0.3 is 9.64 Å². The van der Waals surface area contributed by atoms with Crippen molar-refractivity contribution in [3.8, 4) is 0 Å². The van der Waals surface area contributed by atoms with Crippen molar-refractivity contribution in [2.45, 2.75) is 51.4 Å². The average Bonchev–Trinajstić information content (AvgIpc) is 3.45. The number of hydrogen-bond donors (Lipinski definition) is 0. The molecule has 0 bridgehead atoms. The second-order valence-corrected chi connectivity index (χ2v) is 8.81. The number of aromatic nitrogens is 5. The van der Waals surface area contributed by atoms with Crippen LogP contribution in [0.15, 0.2) is 42.0 Å². The van der Waals surface area contributed by atoms with Gasteiger partial charge in [0.25, 0.3) is 0 Å². The monoisotopic (exact) mass is 470 g/mol. The van der Waals surface area contributed by atoms with E-state index in [4.69, 9.17) is 4.74 Å².